The fraction of sp³-hybridized carbons (Fsp3) is 0.308. The van der Waals surface area contributed by atoms with Gasteiger partial charge >= 0.3 is 0 Å². The highest BCUT2D eigenvalue weighted by atomic mass is 32.1. The van der Waals surface area contributed by atoms with Crippen molar-refractivity contribution >= 4 is 23.1 Å². The molecule has 0 aliphatic carbocycles. The summed E-state index contributed by atoms with van der Waals surface area (Å²) in [6.07, 6.45) is 1.36. The van der Waals surface area contributed by atoms with Crippen molar-refractivity contribution in [2.75, 3.05) is 5.32 Å². The third-order valence-electron chi connectivity index (χ3n) is 2.94. The zero-order chi connectivity index (χ0) is 13.4. The Labute approximate surface area is 115 Å². The van der Waals surface area contributed by atoms with Crippen molar-refractivity contribution in [1.82, 2.24) is 15.3 Å². The minimum atomic E-state index is -0.307. The molecular formula is C13H14N4OS. The van der Waals surface area contributed by atoms with Gasteiger partial charge in [0.25, 0.3) is 5.91 Å². The van der Waals surface area contributed by atoms with E-state index in [9.17, 15) is 4.79 Å². The van der Waals surface area contributed by atoms with Crippen molar-refractivity contribution in [2.24, 2.45) is 0 Å². The lowest BCUT2D eigenvalue weighted by atomic mass is 10.1. The van der Waals surface area contributed by atoms with Crippen LogP contribution in [-0.2, 0) is 0 Å². The van der Waals surface area contributed by atoms with Gasteiger partial charge in [0.15, 0.2) is 0 Å². The number of aromatic nitrogens is 2. The van der Waals surface area contributed by atoms with Crippen LogP contribution in [0.2, 0.25) is 0 Å². The zero-order valence-corrected chi connectivity index (χ0v) is 11.5. The molecule has 19 heavy (non-hydrogen) atoms. The summed E-state index contributed by atoms with van der Waals surface area (Å²) in [4.78, 5) is 20.7. The maximum Gasteiger partial charge on any atom is 0.256 e. The monoisotopic (exact) mass is 274 g/mol. The molecule has 2 aromatic rings. The van der Waals surface area contributed by atoms with Crippen LogP contribution >= 0.6 is 11.3 Å². The highest BCUT2D eigenvalue weighted by molar-refractivity contribution is 7.09. The SMILES string of the molecule is CC(C)c1nc(C2NC(=O)c3cccnc3N2)cs1. The topological polar surface area (TPSA) is 66.9 Å². The number of pyridine rings is 1. The van der Waals surface area contributed by atoms with Crippen molar-refractivity contribution in [3.63, 3.8) is 0 Å². The highest BCUT2D eigenvalue weighted by Crippen LogP contribution is 2.27. The molecule has 0 aromatic carbocycles. The molecule has 2 aromatic heterocycles. The van der Waals surface area contributed by atoms with E-state index in [1.165, 1.54) is 0 Å². The second kappa shape index (κ2) is 4.62. The maximum absolute atomic E-state index is 12.0. The number of hydrogen-bond donors (Lipinski definition) is 2. The first-order chi connectivity index (χ1) is 9.15. The number of anilines is 1. The van der Waals surface area contributed by atoms with Crippen molar-refractivity contribution in [1.29, 1.82) is 0 Å². The summed E-state index contributed by atoms with van der Waals surface area (Å²) in [7, 11) is 0. The molecule has 1 unspecified atom stereocenters. The Morgan fingerprint density at radius 1 is 1.37 bits per heavy atom. The molecule has 0 fully saturated rings. The standard InChI is InChI=1S/C13H14N4OS/c1-7(2)13-15-9(6-19-13)11-16-10-8(12(18)17-11)4-3-5-14-10/h3-7,11H,1-2H3,(H,14,16)(H,17,18). The molecule has 1 aliphatic heterocycles. The first-order valence-corrected chi connectivity index (χ1v) is 7.01. The predicted octanol–water partition coefficient (Wildman–Crippen LogP) is 2.52. The summed E-state index contributed by atoms with van der Waals surface area (Å²) < 4.78 is 0. The van der Waals surface area contributed by atoms with Crippen molar-refractivity contribution in [3.8, 4) is 0 Å². The average molecular weight is 274 g/mol. The molecule has 5 nitrogen and oxygen atoms in total. The highest BCUT2D eigenvalue weighted by Gasteiger charge is 2.26. The summed E-state index contributed by atoms with van der Waals surface area (Å²) in [5.41, 5.74) is 1.40. The summed E-state index contributed by atoms with van der Waals surface area (Å²) in [6.45, 7) is 4.21. The molecule has 0 saturated carbocycles. The lowest BCUT2D eigenvalue weighted by Crippen LogP contribution is -2.39. The van der Waals surface area contributed by atoms with Gasteiger partial charge in [0, 0.05) is 17.5 Å². The van der Waals surface area contributed by atoms with Gasteiger partial charge in [-0.15, -0.1) is 11.3 Å². The van der Waals surface area contributed by atoms with Gasteiger partial charge < -0.3 is 10.6 Å². The lowest BCUT2D eigenvalue weighted by Gasteiger charge is -2.25. The summed E-state index contributed by atoms with van der Waals surface area (Å²) in [6, 6.07) is 3.50. The van der Waals surface area contributed by atoms with Gasteiger partial charge in [0.1, 0.15) is 12.0 Å². The number of carbonyl (C=O) groups is 1. The van der Waals surface area contributed by atoms with Crippen LogP contribution in [0, 0.1) is 0 Å². The maximum atomic E-state index is 12.0. The van der Waals surface area contributed by atoms with Gasteiger partial charge in [0.2, 0.25) is 0 Å². The number of fused-ring (bicyclic) bond motifs is 1. The molecule has 1 atom stereocenters. The van der Waals surface area contributed by atoms with Crippen LogP contribution in [0.4, 0.5) is 5.82 Å². The van der Waals surface area contributed by atoms with Crippen LogP contribution in [-0.4, -0.2) is 15.9 Å². The van der Waals surface area contributed by atoms with Crippen LogP contribution in [0.3, 0.4) is 0 Å². The van der Waals surface area contributed by atoms with Crippen LogP contribution in [0.1, 0.15) is 47.0 Å². The predicted molar refractivity (Wildman–Crippen MR) is 74.3 cm³/mol. The third-order valence-corrected chi connectivity index (χ3v) is 4.10. The number of rotatable bonds is 2. The molecule has 0 saturated heterocycles. The lowest BCUT2D eigenvalue weighted by molar-refractivity contribution is 0.0934. The minimum Gasteiger partial charge on any atom is -0.344 e. The Hall–Kier alpha value is -1.95. The first kappa shape index (κ1) is 12.1. The van der Waals surface area contributed by atoms with E-state index >= 15 is 0 Å². The normalized spacial score (nSPS) is 17.8. The molecule has 0 radical (unpaired) electrons. The smallest absolute Gasteiger partial charge is 0.256 e. The Morgan fingerprint density at radius 3 is 2.95 bits per heavy atom. The van der Waals surface area contributed by atoms with Gasteiger partial charge in [-0.3, -0.25) is 4.79 Å². The Bertz CT molecular complexity index is 623. The van der Waals surface area contributed by atoms with E-state index in [0.29, 0.717) is 17.3 Å². The fourth-order valence-corrected chi connectivity index (χ4v) is 2.79. The fourth-order valence-electron chi connectivity index (χ4n) is 1.93. The quantitative estimate of drug-likeness (QED) is 0.883. The second-order valence-corrected chi connectivity index (χ2v) is 5.61. The minimum absolute atomic E-state index is 0.119. The van der Waals surface area contributed by atoms with E-state index < -0.39 is 0 Å². The van der Waals surface area contributed by atoms with Crippen LogP contribution in [0.5, 0.6) is 0 Å². The summed E-state index contributed by atoms with van der Waals surface area (Å²) in [5, 5.41) is 9.13. The Balaban J connectivity index is 1.90. The molecule has 2 N–H and O–H groups in total. The Morgan fingerprint density at radius 2 is 2.21 bits per heavy atom. The van der Waals surface area contributed by atoms with Crippen molar-refractivity contribution in [2.45, 2.75) is 25.9 Å². The molecule has 98 valence electrons. The van der Waals surface area contributed by atoms with E-state index in [-0.39, 0.29) is 12.1 Å². The molecule has 1 amide bonds. The van der Waals surface area contributed by atoms with E-state index in [2.05, 4.69) is 34.4 Å². The first-order valence-electron chi connectivity index (χ1n) is 6.13. The summed E-state index contributed by atoms with van der Waals surface area (Å²) >= 11 is 1.61. The van der Waals surface area contributed by atoms with Crippen molar-refractivity contribution < 1.29 is 4.79 Å². The van der Waals surface area contributed by atoms with Crippen LogP contribution in [0.25, 0.3) is 0 Å². The number of hydrogen-bond acceptors (Lipinski definition) is 5. The Kier molecular flexibility index (Phi) is 2.94. The van der Waals surface area contributed by atoms with E-state index in [4.69, 9.17) is 0 Å². The van der Waals surface area contributed by atoms with Gasteiger partial charge in [-0.1, -0.05) is 13.8 Å². The van der Waals surface area contributed by atoms with Gasteiger partial charge in [0.05, 0.1) is 16.3 Å². The molecule has 3 rings (SSSR count). The molecular weight excluding hydrogens is 260 g/mol. The number of nitrogens with zero attached hydrogens (tertiary/aromatic N) is 2. The van der Waals surface area contributed by atoms with E-state index in [0.717, 1.165) is 10.7 Å². The van der Waals surface area contributed by atoms with Gasteiger partial charge in [-0.25, -0.2) is 9.97 Å². The third kappa shape index (κ3) is 2.19. The van der Waals surface area contributed by atoms with Crippen molar-refractivity contribution in [3.05, 3.63) is 40.0 Å². The van der Waals surface area contributed by atoms with E-state index in [1.54, 1.807) is 29.7 Å². The molecule has 0 bridgehead atoms. The largest absolute Gasteiger partial charge is 0.344 e. The molecule has 1 aliphatic rings. The zero-order valence-electron chi connectivity index (χ0n) is 10.7. The number of amides is 1. The van der Waals surface area contributed by atoms with Gasteiger partial charge in [-0.2, -0.15) is 0 Å². The number of thiazole rings is 1. The van der Waals surface area contributed by atoms with Gasteiger partial charge in [-0.05, 0) is 12.1 Å². The molecule has 6 heteroatoms. The van der Waals surface area contributed by atoms with E-state index in [1.807, 2.05) is 5.38 Å². The van der Waals surface area contributed by atoms with Crippen LogP contribution < -0.4 is 10.6 Å². The number of carbonyl (C=O) groups excluding carboxylic acids is 1. The molecule has 3 heterocycles. The average Bonchev–Trinajstić information content (AvgIpc) is 2.88. The summed E-state index contributed by atoms with van der Waals surface area (Å²) in [5.74, 6) is 0.879. The second-order valence-electron chi connectivity index (χ2n) is 4.72. The number of nitrogens with one attached hydrogen (secondary N) is 2. The van der Waals surface area contributed by atoms with Crippen LogP contribution in [0.15, 0.2) is 23.7 Å². The molecule has 0 spiro atoms.